The van der Waals surface area contributed by atoms with E-state index < -0.39 is 6.04 Å². The van der Waals surface area contributed by atoms with E-state index in [4.69, 9.17) is 23.2 Å². The first-order valence-corrected chi connectivity index (χ1v) is 8.26. The highest BCUT2D eigenvalue weighted by atomic mass is 35.5. The van der Waals surface area contributed by atoms with E-state index in [9.17, 15) is 9.59 Å². The smallest absolute Gasteiger partial charge is 0.256 e. The number of benzene rings is 1. The number of carbonyl (C=O) groups excluding carboxylic acids is 2. The highest BCUT2D eigenvalue weighted by molar-refractivity contribution is 6.35. The number of amides is 2. The zero-order chi connectivity index (χ0) is 16.3. The van der Waals surface area contributed by atoms with Crippen LogP contribution < -0.4 is 5.32 Å². The van der Waals surface area contributed by atoms with Crippen LogP contribution in [0.15, 0.2) is 18.2 Å². The number of nitrogens with one attached hydrogen (secondary N) is 1. The van der Waals surface area contributed by atoms with E-state index in [0.717, 1.165) is 12.8 Å². The average molecular weight is 343 g/mol. The Balaban J connectivity index is 2.17. The molecule has 2 rings (SSSR count). The minimum Gasteiger partial charge on any atom is -0.352 e. The molecule has 1 aliphatic heterocycles. The van der Waals surface area contributed by atoms with Gasteiger partial charge in [0.15, 0.2) is 0 Å². The Kier molecular flexibility index (Phi) is 5.70. The van der Waals surface area contributed by atoms with Crippen LogP contribution in [-0.4, -0.2) is 35.3 Å². The van der Waals surface area contributed by atoms with Crippen LogP contribution in [0.1, 0.15) is 43.5 Å². The van der Waals surface area contributed by atoms with E-state index in [1.807, 2.05) is 13.8 Å². The van der Waals surface area contributed by atoms with Crippen LogP contribution in [0, 0.1) is 0 Å². The standard InChI is InChI=1S/C16H20Cl2N2O2/c1-3-10(2)19-15(21)14-5-4-8-20(14)16(22)12-9-11(17)6-7-13(12)18/h6-7,9-10,14H,3-5,8H2,1-2H3,(H,19,21)/t10-,14+/m1/s1. The Morgan fingerprint density at radius 2 is 2.14 bits per heavy atom. The lowest BCUT2D eigenvalue weighted by Crippen LogP contribution is -2.48. The van der Waals surface area contributed by atoms with Gasteiger partial charge >= 0.3 is 0 Å². The quantitative estimate of drug-likeness (QED) is 0.909. The third-order valence-electron chi connectivity index (χ3n) is 3.98. The monoisotopic (exact) mass is 342 g/mol. The second-order valence-electron chi connectivity index (χ2n) is 5.60. The van der Waals surface area contributed by atoms with Crippen molar-refractivity contribution in [2.75, 3.05) is 6.54 Å². The summed E-state index contributed by atoms with van der Waals surface area (Å²) in [6.45, 7) is 4.52. The number of halogens is 2. The van der Waals surface area contributed by atoms with E-state index in [1.165, 1.54) is 0 Å². The van der Waals surface area contributed by atoms with Gasteiger partial charge in [-0.3, -0.25) is 9.59 Å². The zero-order valence-electron chi connectivity index (χ0n) is 12.7. The molecule has 120 valence electrons. The van der Waals surface area contributed by atoms with Crippen LogP contribution in [0.2, 0.25) is 10.0 Å². The van der Waals surface area contributed by atoms with E-state index in [-0.39, 0.29) is 17.9 Å². The Bertz CT molecular complexity index is 577. The maximum Gasteiger partial charge on any atom is 0.256 e. The maximum absolute atomic E-state index is 12.7. The molecule has 22 heavy (non-hydrogen) atoms. The van der Waals surface area contributed by atoms with Gasteiger partial charge in [-0.2, -0.15) is 0 Å². The molecule has 0 spiro atoms. The van der Waals surface area contributed by atoms with E-state index >= 15 is 0 Å². The van der Waals surface area contributed by atoms with E-state index in [0.29, 0.717) is 28.6 Å². The van der Waals surface area contributed by atoms with Crippen LogP contribution >= 0.6 is 23.2 Å². The van der Waals surface area contributed by atoms with Crippen LogP contribution in [0.3, 0.4) is 0 Å². The predicted molar refractivity (Wildman–Crippen MR) is 88.4 cm³/mol. The summed E-state index contributed by atoms with van der Waals surface area (Å²) in [6.07, 6.45) is 2.33. The van der Waals surface area contributed by atoms with Crippen molar-refractivity contribution in [1.29, 1.82) is 0 Å². The Morgan fingerprint density at radius 1 is 1.41 bits per heavy atom. The molecule has 0 aromatic heterocycles. The third-order valence-corrected chi connectivity index (χ3v) is 4.54. The van der Waals surface area contributed by atoms with Gasteiger partial charge in [-0.05, 0) is 44.4 Å². The molecule has 1 aromatic carbocycles. The van der Waals surface area contributed by atoms with Gasteiger partial charge in [0.05, 0.1) is 10.6 Å². The molecule has 1 heterocycles. The minimum absolute atomic E-state index is 0.0970. The summed E-state index contributed by atoms with van der Waals surface area (Å²) in [6, 6.07) is 4.45. The van der Waals surface area contributed by atoms with Gasteiger partial charge in [0.2, 0.25) is 5.91 Å². The fourth-order valence-electron chi connectivity index (χ4n) is 2.54. The largest absolute Gasteiger partial charge is 0.352 e. The summed E-state index contributed by atoms with van der Waals surface area (Å²) in [5.74, 6) is -0.340. The van der Waals surface area contributed by atoms with E-state index in [2.05, 4.69) is 5.32 Å². The van der Waals surface area contributed by atoms with Gasteiger partial charge in [-0.25, -0.2) is 0 Å². The van der Waals surface area contributed by atoms with Gasteiger partial charge in [-0.15, -0.1) is 0 Å². The highest BCUT2D eigenvalue weighted by Gasteiger charge is 2.35. The first-order valence-electron chi connectivity index (χ1n) is 7.50. The van der Waals surface area contributed by atoms with Gasteiger partial charge in [-0.1, -0.05) is 30.1 Å². The Hall–Kier alpha value is -1.26. The molecule has 1 N–H and O–H groups in total. The molecule has 4 nitrogen and oxygen atoms in total. The van der Waals surface area contributed by atoms with Gasteiger partial charge in [0.1, 0.15) is 6.04 Å². The summed E-state index contributed by atoms with van der Waals surface area (Å²) >= 11 is 12.0. The molecule has 1 aromatic rings. The van der Waals surface area contributed by atoms with Crippen molar-refractivity contribution in [2.24, 2.45) is 0 Å². The molecule has 1 saturated heterocycles. The van der Waals surface area contributed by atoms with Gasteiger partial charge in [0, 0.05) is 17.6 Å². The van der Waals surface area contributed by atoms with Crippen LogP contribution in [0.25, 0.3) is 0 Å². The number of likely N-dealkylation sites (tertiary alicyclic amines) is 1. The first kappa shape index (κ1) is 17.1. The SMILES string of the molecule is CC[C@@H](C)NC(=O)[C@@H]1CCCN1C(=O)c1cc(Cl)ccc1Cl. The highest BCUT2D eigenvalue weighted by Crippen LogP contribution is 2.26. The minimum atomic E-state index is -0.434. The number of carbonyl (C=O) groups is 2. The molecule has 0 saturated carbocycles. The number of rotatable bonds is 4. The summed E-state index contributed by atoms with van der Waals surface area (Å²) in [5, 5.41) is 3.74. The lowest BCUT2D eigenvalue weighted by atomic mass is 10.1. The molecular weight excluding hydrogens is 323 g/mol. The number of nitrogens with zero attached hydrogens (tertiary/aromatic N) is 1. The summed E-state index contributed by atoms with van der Waals surface area (Å²) in [4.78, 5) is 26.6. The average Bonchev–Trinajstić information content (AvgIpc) is 2.98. The second kappa shape index (κ2) is 7.34. The van der Waals surface area contributed by atoms with Gasteiger partial charge < -0.3 is 10.2 Å². The normalized spacial score (nSPS) is 19.1. The van der Waals surface area contributed by atoms with Crippen LogP contribution in [0.4, 0.5) is 0 Å². The maximum atomic E-state index is 12.7. The zero-order valence-corrected chi connectivity index (χ0v) is 14.2. The van der Waals surface area contributed by atoms with E-state index in [1.54, 1.807) is 23.1 Å². The molecular formula is C16H20Cl2N2O2. The lowest BCUT2D eigenvalue weighted by molar-refractivity contribution is -0.125. The molecule has 1 fully saturated rings. The van der Waals surface area contributed by atoms with Crippen LogP contribution in [-0.2, 0) is 4.79 Å². The van der Waals surface area contributed by atoms with Crippen molar-refractivity contribution in [1.82, 2.24) is 10.2 Å². The number of hydrogen-bond acceptors (Lipinski definition) is 2. The first-order chi connectivity index (χ1) is 10.4. The van der Waals surface area contributed by atoms with Crippen molar-refractivity contribution in [2.45, 2.75) is 45.2 Å². The second-order valence-corrected chi connectivity index (χ2v) is 6.44. The molecule has 0 radical (unpaired) electrons. The Labute approximate surface area is 140 Å². The molecule has 0 aliphatic carbocycles. The fourth-order valence-corrected chi connectivity index (χ4v) is 2.91. The van der Waals surface area contributed by atoms with Crippen molar-refractivity contribution in [3.05, 3.63) is 33.8 Å². The molecule has 2 amide bonds. The van der Waals surface area contributed by atoms with Crippen molar-refractivity contribution < 1.29 is 9.59 Å². The predicted octanol–water partition coefficient (Wildman–Crippen LogP) is 3.51. The lowest BCUT2D eigenvalue weighted by Gasteiger charge is -2.25. The third kappa shape index (κ3) is 3.73. The van der Waals surface area contributed by atoms with Gasteiger partial charge in [0.25, 0.3) is 5.91 Å². The van der Waals surface area contributed by atoms with Crippen molar-refractivity contribution in [3.63, 3.8) is 0 Å². The number of hydrogen-bond donors (Lipinski definition) is 1. The summed E-state index contributed by atoms with van der Waals surface area (Å²) < 4.78 is 0. The molecule has 0 unspecified atom stereocenters. The van der Waals surface area contributed by atoms with Crippen LogP contribution in [0.5, 0.6) is 0 Å². The summed E-state index contributed by atoms with van der Waals surface area (Å²) in [5.41, 5.74) is 0.345. The van der Waals surface area contributed by atoms with Crippen molar-refractivity contribution in [3.8, 4) is 0 Å². The molecule has 2 atom stereocenters. The Morgan fingerprint density at radius 3 is 2.82 bits per heavy atom. The summed E-state index contributed by atoms with van der Waals surface area (Å²) in [7, 11) is 0. The molecule has 1 aliphatic rings. The molecule has 6 heteroatoms. The van der Waals surface area contributed by atoms with Crippen molar-refractivity contribution >= 4 is 35.0 Å². The fraction of sp³-hybridized carbons (Fsp3) is 0.500. The topological polar surface area (TPSA) is 49.4 Å². The molecule has 0 bridgehead atoms.